The van der Waals surface area contributed by atoms with Gasteiger partial charge in [-0.15, -0.1) is 0 Å². The van der Waals surface area contributed by atoms with Crippen LogP contribution in [-0.2, 0) is 14.4 Å². The molecule has 0 atom stereocenters. The first-order valence-corrected chi connectivity index (χ1v) is 10.5. The molecule has 3 amide bonds. The lowest BCUT2D eigenvalue weighted by Gasteiger charge is -2.09. The van der Waals surface area contributed by atoms with Gasteiger partial charge < -0.3 is 20.1 Å². The van der Waals surface area contributed by atoms with Gasteiger partial charge in [-0.2, -0.15) is 5.10 Å². The van der Waals surface area contributed by atoms with Crippen molar-refractivity contribution in [1.82, 2.24) is 5.43 Å². The van der Waals surface area contributed by atoms with Gasteiger partial charge in [0.1, 0.15) is 17.3 Å². The number of benzene rings is 3. The minimum atomic E-state index is -0.990. The molecule has 3 rings (SSSR count). The Hall–Kier alpha value is -4.44. The van der Waals surface area contributed by atoms with E-state index in [4.69, 9.17) is 21.1 Å². The van der Waals surface area contributed by atoms with Gasteiger partial charge in [0.2, 0.25) is 0 Å². The molecule has 0 radical (unpaired) electrons. The number of hydrogen-bond donors (Lipinski definition) is 3. The molecular formula is C24H20ClFN4O5. The van der Waals surface area contributed by atoms with Crippen molar-refractivity contribution in [3.05, 3.63) is 83.1 Å². The average molecular weight is 499 g/mol. The SMILES string of the molecule is COc1ccc(Cl)cc1NC(=O)C(=O)N/N=C\c1ccc(OCC(=O)Nc2ccc(F)cc2)cc1. The number of anilines is 2. The van der Waals surface area contributed by atoms with Gasteiger partial charge in [-0.25, -0.2) is 9.82 Å². The minimum Gasteiger partial charge on any atom is -0.495 e. The van der Waals surface area contributed by atoms with Crippen LogP contribution in [0, 0.1) is 5.82 Å². The number of rotatable bonds is 8. The molecule has 3 N–H and O–H groups in total. The zero-order valence-electron chi connectivity index (χ0n) is 18.4. The molecule has 0 unspecified atom stereocenters. The zero-order chi connectivity index (χ0) is 25.2. The van der Waals surface area contributed by atoms with Crippen LogP contribution in [0.1, 0.15) is 5.56 Å². The summed E-state index contributed by atoms with van der Waals surface area (Å²) in [7, 11) is 1.42. The number of methoxy groups -OCH3 is 1. The van der Waals surface area contributed by atoms with Crippen molar-refractivity contribution in [2.45, 2.75) is 0 Å². The maximum atomic E-state index is 12.9. The summed E-state index contributed by atoms with van der Waals surface area (Å²) in [5.41, 5.74) is 3.42. The quantitative estimate of drug-likeness (QED) is 0.249. The number of halogens is 2. The predicted octanol–water partition coefficient (Wildman–Crippen LogP) is 3.59. The molecule has 3 aromatic rings. The second-order valence-corrected chi connectivity index (χ2v) is 7.35. The highest BCUT2D eigenvalue weighted by molar-refractivity contribution is 6.40. The zero-order valence-corrected chi connectivity index (χ0v) is 19.1. The summed E-state index contributed by atoms with van der Waals surface area (Å²) in [5, 5.41) is 9.09. The van der Waals surface area contributed by atoms with Crippen molar-refractivity contribution in [2.75, 3.05) is 24.4 Å². The van der Waals surface area contributed by atoms with E-state index >= 15 is 0 Å². The first-order valence-electron chi connectivity index (χ1n) is 10.1. The van der Waals surface area contributed by atoms with Gasteiger partial charge in [-0.3, -0.25) is 14.4 Å². The van der Waals surface area contributed by atoms with Crippen molar-refractivity contribution in [3.8, 4) is 11.5 Å². The fraction of sp³-hybridized carbons (Fsp3) is 0.0833. The summed E-state index contributed by atoms with van der Waals surface area (Å²) >= 11 is 5.90. The maximum absolute atomic E-state index is 12.9. The van der Waals surface area contributed by atoms with Crippen LogP contribution < -0.4 is 25.5 Å². The fourth-order valence-corrected chi connectivity index (χ4v) is 2.87. The lowest BCUT2D eigenvalue weighted by atomic mass is 10.2. The van der Waals surface area contributed by atoms with Crippen LogP contribution in [0.5, 0.6) is 11.5 Å². The van der Waals surface area contributed by atoms with Crippen LogP contribution in [0.2, 0.25) is 5.02 Å². The monoisotopic (exact) mass is 498 g/mol. The Bertz CT molecular complexity index is 1230. The molecule has 0 aromatic heterocycles. The van der Waals surface area contributed by atoms with Crippen molar-refractivity contribution >= 4 is 46.9 Å². The number of hydrazone groups is 1. The Morgan fingerprint density at radius 2 is 1.69 bits per heavy atom. The topological polar surface area (TPSA) is 118 Å². The smallest absolute Gasteiger partial charge is 0.329 e. The Morgan fingerprint density at radius 3 is 2.37 bits per heavy atom. The highest BCUT2D eigenvalue weighted by Gasteiger charge is 2.15. The third-order valence-corrected chi connectivity index (χ3v) is 4.61. The molecule has 0 saturated carbocycles. The van der Waals surface area contributed by atoms with Gasteiger partial charge in [0.25, 0.3) is 5.91 Å². The Labute approximate surface area is 204 Å². The highest BCUT2D eigenvalue weighted by Crippen LogP contribution is 2.27. The van der Waals surface area contributed by atoms with Crippen LogP contribution in [0.25, 0.3) is 0 Å². The molecule has 0 aliphatic rings. The van der Waals surface area contributed by atoms with Crippen LogP contribution >= 0.6 is 11.6 Å². The van der Waals surface area contributed by atoms with Crippen LogP contribution in [0.4, 0.5) is 15.8 Å². The molecular weight excluding hydrogens is 479 g/mol. The number of carbonyl (C=O) groups is 3. The Morgan fingerprint density at radius 1 is 0.971 bits per heavy atom. The highest BCUT2D eigenvalue weighted by atomic mass is 35.5. The molecule has 0 saturated heterocycles. The average Bonchev–Trinajstić information content (AvgIpc) is 2.85. The number of amides is 3. The second kappa shape index (κ2) is 12.1. The molecule has 35 heavy (non-hydrogen) atoms. The first-order chi connectivity index (χ1) is 16.8. The largest absolute Gasteiger partial charge is 0.495 e. The van der Waals surface area contributed by atoms with Crippen LogP contribution in [-0.4, -0.2) is 37.7 Å². The fourth-order valence-electron chi connectivity index (χ4n) is 2.70. The van der Waals surface area contributed by atoms with E-state index in [0.717, 1.165) is 0 Å². The summed E-state index contributed by atoms with van der Waals surface area (Å²) in [6.45, 7) is -0.243. The molecule has 0 aliphatic carbocycles. The van der Waals surface area contributed by atoms with E-state index in [1.54, 1.807) is 36.4 Å². The van der Waals surface area contributed by atoms with Gasteiger partial charge in [0.05, 0.1) is 19.0 Å². The number of nitrogens with zero attached hydrogens (tertiary/aromatic N) is 1. The predicted molar refractivity (Wildman–Crippen MR) is 129 cm³/mol. The number of ether oxygens (including phenoxy) is 2. The van der Waals surface area contributed by atoms with Crippen molar-refractivity contribution in [1.29, 1.82) is 0 Å². The van der Waals surface area contributed by atoms with Crippen molar-refractivity contribution in [2.24, 2.45) is 5.10 Å². The molecule has 3 aromatic carbocycles. The molecule has 0 aliphatic heterocycles. The molecule has 0 heterocycles. The first kappa shape index (κ1) is 25.2. The van der Waals surface area contributed by atoms with Gasteiger partial charge in [0, 0.05) is 10.7 Å². The van der Waals surface area contributed by atoms with Gasteiger partial charge in [-0.1, -0.05) is 11.6 Å². The molecule has 0 bridgehead atoms. The lowest BCUT2D eigenvalue weighted by Crippen LogP contribution is -2.32. The van der Waals surface area contributed by atoms with E-state index < -0.39 is 23.5 Å². The van der Waals surface area contributed by atoms with Gasteiger partial charge >= 0.3 is 11.8 Å². The van der Waals surface area contributed by atoms with E-state index in [-0.39, 0.29) is 12.3 Å². The van der Waals surface area contributed by atoms with E-state index in [9.17, 15) is 18.8 Å². The summed E-state index contributed by atoms with van der Waals surface area (Å²) in [4.78, 5) is 36.0. The number of hydrogen-bond acceptors (Lipinski definition) is 6. The lowest BCUT2D eigenvalue weighted by molar-refractivity contribution is -0.136. The van der Waals surface area contributed by atoms with E-state index in [0.29, 0.717) is 27.8 Å². The van der Waals surface area contributed by atoms with E-state index in [2.05, 4.69) is 21.2 Å². The second-order valence-electron chi connectivity index (χ2n) is 6.91. The third kappa shape index (κ3) is 7.83. The maximum Gasteiger partial charge on any atom is 0.329 e. The molecule has 11 heteroatoms. The van der Waals surface area contributed by atoms with Gasteiger partial charge in [-0.05, 0) is 72.3 Å². The van der Waals surface area contributed by atoms with Gasteiger partial charge in [0.15, 0.2) is 6.61 Å². The van der Waals surface area contributed by atoms with Crippen molar-refractivity contribution < 1.29 is 28.2 Å². The summed E-state index contributed by atoms with van der Waals surface area (Å²) in [6.07, 6.45) is 1.33. The van der Waals surface area contributed by atoms with E-state index in [1.807, 2.05) is 0 Å². The summed E-state index contributed by atoms with van der Waals surface area (Å²) in [6, 6.07) is 16.4. The normalized spacial score (nSPS) is 10.5. The summed E-state index contributed by atoms with van der Waals surface area (Å²) in [5.74, 6) is -1.98. The Kier molecular flexibility index (Phi) is 8.74. The number of carbonyl (C=O) groups excluding carboxylic acids is 3. The standard InChI is InChI=1S/C24H20ClFN4O5/c1-34-21-11-4-16(25)12-20(21)29-23(32)24(33)30-27-13-15-2-9-19(10-3-15)35-14-22(31)28-18-7-5-17(26)6-8-18/h2-13H,14H2,1H3,(H,28,31)(H,29,32)(H,30,33)/b27-13-. The molecule has 9 nitrogen and oxygen atoms in total. The Balaban J connectivity index is 1.45. The van der Waals surface area contributed by atoms with E-state index in [1.165, 1.54) is 43.7 Å². The van der Waals surface area contributed by atoms with Crippen molar-refractivity contribution in [3.63, 3.8) is 0 Å². The summed E-state index contributed by atoms with van der Waals surface area (Å²) < 4.78 is 23.4. The minimum absolute atomic E-state index is 0.242. The van der Waals surface area contributed by atoms with Crippen LogP contribution in [0.15, 0.2) is 71.8 Å². The molecule has 0 spiro atoms. The third-order valence-electron chi connectivity index (χ3n) is 4.37. The van der Waals surface area contributed by atoms with Crippen LogP contribution in [0.3, 0.4) is 0 Å². The molecule has 0 fully saturated rings. The molecule has 180 valence electrons. The number of nitrogens with one attached hydrogen (secondary N) is 3.